The number of nitrogens with zero attached hydrogens (tertiary/aromatic N) is 2. The number of methoxy groups -OCH3 is 2. The van der Waals surface area contributed by atoms with Crippen LogP contribution in [0.15, 0.2) is 24.3 Å². The summed E-state index contributed by atoms with van der Waals surface area (Å²) >= 11 is 5.81. The summed E-state index contributed by atoms with van der Waals surface area (Å²) < 4.78 is 10.1. The van der Waals surface area contributed by atoms with E-state index in [0.29, 0.717) is 17.0 Å². The lowest BCUT2D eigenvalue weighted by atomic mass is 10.1. The van der Waals surface area contributed by atoms with Gasteiger partial charge in [-0.2, -0.15) is 4.98 Å². The molecule has 0 atom stereocenters. The van der Waals surface area contributed by atoms with Crippen molar-refractivity contribution in [3.8, 4) is 11.6 Å². The SMILES string of the molecule is COc1cc(Cl)nc(NC(=O)c2ccc(N)cc2OC)n1. The van der Waals surface area contributed by atoms with Crippen molar-refractivity contribution < 1.29 is 14.3 Å². The highest BCUT2D eigenvalue weighted by Gasteiger charge is 2.15. The number of carbonyl (C=O) groups excluding carboxylic acids is 1. The quantitative estimate of drug-likeness (QED) is 0.662. The number of amides is 1. The third-order valence-electron chi connectivity index (χ3n) is 2.58. The third-order valence-corrected chi connectivity index (χ3v) is 2.77. The van der Waals surface area contributed by atoms with Crippen molar-refractivity contribution in [1.82, 2.24) is 9.97 Å². The van der Waals surface area contributed by atoms with Gasteiger partial charge in [-0.05, 0) is 12.1 Å². The van der Waals surface area contributed by atoms with E-state index in [0.717, 1.165) is 0 Å². The lowest BCUT2D eigenvalue weighted by Gasteiger charge is -2.09. The molecule has 0 fully saturated rings. The Hall–Kier alpha value is -2.54. The van der Waals surface area contributed by atoms with Crippen molar-refractivity contribution in [2.75, 3.05) is 25.3 Å². The lowest BCUT2D eigenvalue weighted by molar-refractivity contribution is 0.102. The molecule has 0 radical (unpaired) electrons. The minimum atomic E-state index is -0.448. The fraction of sp³-hybridized carbons (Fsp3) is 0.154. The maximum Gasteiger partial charge on any atom is 0.261 e. The van der Waals surface area contributed by atoms with Crippen molar-refractivity contribution in [3.05, 3.63) is 35.0 Å². The van der Waals surface area contributed by atoms with E-state index in [1.165, 1.54) is 20.3 Å². The minimum absolute atomic E-state index is 0.0308. The highest BCUT2D eigenvalue weighted by Crippen LogP contribution is 2.23. The van der Waals surface area contributed by atoms with Gasteiger partial charge in [0.2, 0.25) is 11.8 Å². The van der Waals surface area contributed by atoms with Crippen molar-refractivity contribution in [1.29, 1.82) is 0 Å². The summed E-state index contributed by atoms with van der Waals surface area (Å²) in [5.41, 5.74) is 6.43. The molecule has 1 aromatic heterocycles. The molecule has 2 aromatic rings. The van der Waals surface area contributed by atoms with E-state index in [1.54, 1.807) is 18.2 Å². The normalized spacial score (nSPS) is 10.0. The number of nitrogens with one attached hydrogen (secondary N) is 1. The molecule has 0 aliphatic rings. The highest BCUT2D eigenvalue weighted by atomic mass is 35.5. The molecule has 1 heterocycles. The van der Waals surface area contributed by atoms with Gasteiger partial charge in [-0.3, -0.25) is 10.1 Å². The fourth-order valence-electron chi connectivity index (χ4n) is 1.62. The molecule has 1 amide bonds. The van der Waals surface area contributed by atoms with Crippen LogP contribution in [0, 0.1) is 0 Å². The maximum absolute atomic E-state index is 12.2. The summed E-state index contributed by atoms with van der Waals surface area (Å²) in [6.07, 6.45) is 0. The lowest BCUT2D eigenvalue weighted by Crippen LogP contribution is -2.15. The first-order valence-electron chi connectivity index (χ1n) is 5.87. The van der Waals surface area contributed by atoms with Gasteiger partial charge in [-0.1, -0.05) is 11.6 Å². The maximum atomic E-state index is 12.2. The summed E-state index contributed by atoms with van der Waals surface area (Å²) in [5.74, 6) is 0.176. The zero-order chi connectivity index (χ0) is 15.4. The van der Waals surface area contributed by atoms with Crippen LogP contribution in [-0.4, -0.2) is 30.1 Å². The van der Waals surface area contributed by atoms with Gasteiger partial charge < -0.3 is 15.2 Å². The molecule has 0 aliphatic carbocycles. The molecule has 1 aromatic carbocycles. The van der Waals surface area contributed by atoms with Crippen molar-refractivity contribution >= 4 is 29.1 Å². The predicted molar refractivity (Wildman–Crippen MR) is 79.0 cm³/mol. The summed E-state index contributed by atoms with van der Waals surface area (Å²) in [5, 5.41) is 2.68. The summed E-state index contributed by atoms with van der Waals surface area (Å²) in [6, 6.07) is 6.12. The van der Waals surface area contributed by atoms with Gasteiger partial charge in [0.05, 0.1) is 19.8 Å². The third kappa shape index (κ3) is 3.51. The molecule has 0 unspecified atom stereocenters. The van der Waals surface area contributed by atoms with Gasteiger partial charge >= 0.3 is 0 Å². The number of rotatable bonds is 4. The van der Waals surface area contributed by atoms with Gasteiger partial charge in [0, 0.05) is 17.8 Å². The zero-order valence-corrected chi connectivity index (χ0v) is 12.1. The molecule has 0 spiro atoms. The van der Waals surface area contributed by atoms with Crippen molar-refractivity contribution in [3.63, 3.8) is 0 Å². The number of ether oxygens (including phenoxy) is 2. The monoisotopic (exact) mass is 308 g/mol. The number of nitrogens with two attached hydrogens (primary N) is 1. The average molecular weight is 309 g/mol. The molecule has 110 valence electrons. The minimum Gasteiger partial charge on any atom is -0.496 e. The smallest absolute Gasteiger partial charge is 0.261 e. The Morgan fingerprint density at radius 3 is 2.67 bits per heavy atom. The van der Waals surface area contributed by atoms with Crippen molar-refractivity contribution in [2.24, 2.45) is 0 Å². The Morgan fingerprint density at radius 2 is 2.00 bits per heavy atom. The number of nitrogen functional groups attached to an aromatic ring is 1. The van der Waals surface area contributed by atoms with E-state index >= 15 is 0 Å². The second-order valence-electron chi connectivity index (χ2n) is 3.97. The van der Waals surface area contributed by atoms with Crippen LogP contribution in [0.1, 0.15) is 10.4 Å². The van der Waals surface area contributed by atoms with E-state index in [9.17, 15) is 4.79 Å². The number of halogens is 1. The summed E-state index contributed by atoms with van der Waals surface area (Å²) in [7, 11) is 2.89. The fourth-order valence-corrected chi connectivity index (χ4v) is 1.80. The van der Waals surface area contributed by atoms with Crippen LogP contribution in [0.5, 0.6) is 11.6 Å². The van der Waals surface area contributed by atoms with Gasteiger partial charge in [0.25, 0.3) is 5.91 Å². The van der Waals surface area contributed by atoms with Crippen LogP contribution in [-0.2, 0) is 0 Å². The molecule has 2 rings (SSSR count). The molecular formula is C13H13ClN4O3. The van der Waals surface area contributed by atoms with E-state index in [-0.39, 0.29) is 17.0 Å². The van der Waals surface area contributed by atoms with Gasteiger partial charge in [0.15, 0.2) is 0 Å². The molecule has 7 nitrogen and oxygen atoms in total. The molecule has 8 heteroatoms. The Kier molecular flexibility index (Phi) is 4.44. The largest absolute Gasteiger partial charge is 0.496 e. The zero-order valence-electron chi connectivity index (χ0n) is 11.4. The van der Waals surface area contributed by atoms with Gasteiger partial charge in [0.1, 0.15) is 10.9 Å². The number of benzene rings is 1. The molecule has 0 saturated heterocycles. The molecule has 0 bridgehead atoms. The second kappa shape index (κ2) is 6.27. The molecule has 0 aliphatic heterocycles. The molecule has 3 N–H and O–H groups in total. The van der Waals surface area contributed by atoms with Gasteiger partial charge in [-0.25, -0.2) is 4.98 Å². The first-order valence-corrected chi connectivity index (χ1v) is 6.24. The first-order chi connectivity index (χ1) is 10.0. The van der Waals surface area contributed by atoms with Crippen LogP contribution in [0.4, 0.5) is 11.6 Å². The Morgan fingerprint density at radius 1 is 1.24 bits per heavy atom. The highest BCUT2D eigenvalue weighted by molar-refractivity contribution is 6.29. The van der Waals surface area contributed by atoms with Crippen LogP contribution >= 0.6 is 11.6 Å². The Balaban J connectivity index is 2.28. The molecule has 0 saturated carbocycles. The van der Waals surface area contributed by atoms with E-state index in [1.807, 2.05) is 0 Å². The van der Waals surface area contributed by atoms with Crippen LogP contribution in [0.2, 0.25) is 5.15 Å². The summed E-state index contributed by atoms with van der Waals surface area (Å²) in [4.78, 5) is 20.1. The number of aromatic nitrogens is 2. The topological polar surface area (TPSA) is 99.4 Å². The van der Waals surface area contributed by atoms with E-state index in [2.05, 4.69) is 15.3 Å². The molecular weight excluding hydrogens is 296 g/mol. The van der Waals surface area contributed by atoms with E-state index < -0.39 is 5.91 Å². The second-order valence-corrected chi connectivity index (χ2v) is 4.36. The van der Waals surface area contributed by atoms with Gasteiger partial charge in [-0.15, -0.1) is 0 Å². The standard InChI is InChI=1S/C13H13ClN4O3/c1-20-9-5-7(15)3-4-8(9)12(19)18-13-16-10(14)6-11(17-13)21-2/h3-6H,15H2,1-2H3,(H,16,17,18,19). The van der Waals surface area contributed by atoms with E-state index in [4.69, 9.17) is 26.8 Å². The number of hydrogen-bond acceptors (Lipinski definition) is 6. The Bertz CT molecular complexity index is 678. The number of hydrogen-bond donors (Lipinski definition) is 2. The molecule has 21 heavy (non-hydrogen) atoms. The predicted octanol–water partition coefficient (Wildman–Crippen LogP) is 1.98. The summed E-state index contributed by atoms with van der Waals surface area (Å²) in [6.45, 7) is 0. The van der Waals surface area contributed by atoms with Crippen molar-refractivity contribution in [2.45, 2.75) is 0 Å². The first kappa shape index (κ1) is 14.9. The average Bonchev–Trinajstić information content (AvgIpc) is 2.46. The van der Waals surface area contributed by atoms with Crippen LogP contribution < -0.4 is 20.5 Å². The van der Waals surface area contributed by atoms with Crippen LogP contribution in [0.25, 0.3) is 0 Å². The Labute approximate surface area is 126 Å². The number of anilines is 2. The van der Waals surface area contributed by atoms with Crippen LogP contribution in [0.3, 0.4) is 0 Å². The number of carbonyl (C=O) groups is 1.